The Bertz CT molecular complexity index is 919. The molecule has 2 aromatic carbocycles. The van der Waals surface area contributed by atoms with E-state index in [1.54, 1.807) is 0 Å². The van der Waals surface area contributed by atoms with Crippen LogP contribution in [-0.2, 0) is 0 Å². The van der Waals surface area contributed by atoms with Gasteiger partial charge in [-0.05, 0) is 56.1 Å². The smallest absolute Gasteiger partial charge is 0.127 e. The van der Waals surface area contributed by atoms with Crippen LogP contribution in [0.3, 0.4) is 0 Å². The molecule has 2 aliphatic rings. The highest BCUT2D eigenvalue weighted by Crippen LogP contribution is 2.43. The Morgan fingerprint density at radius 3 is 2.75 bits per heavy atom. The number of nitrogens with zero attached hydrogens (tertiary/aromatic N) is 1. The third-order valence-corrected chi connectivity index (χ3v) is 5.93. The molecule has 4 heteroatoms. The number of likely N-dealkylation sites (N-methyl/N-ethyl adjacent to an activating group) is 1. The highest BCUT2D eigenvalue weighted by Gasteiger charge is 2.31. The highest BCUT2D eigenvalue weighted by molar-refractivity contribution is 7.80. The van der Waals surface area contributed by atoms with Crippen LogP contribution >= 0.6 is 12.2 Å². The molecule has 2 aliphatic heterocycles. The van der Waals surface area contributed by atoms with Crippen molar-refractivity contribution in [2.24, 2.45) is 0 Å². The number of thiocarbonyl (C=S) groups is 1. The zero-order valence-corrected chi connectivity index (χ0v) is 17.7. The average molecular weight is 393 g/mol. The topological polar surface area (TPSA) is 24.5 Å². The minimum Gasteiger partial charge on any atom is -0.490 e. The maximum absolute atomic E-state index is 6.05. The molecule has 0 aromatic heterocycles. The molecule has 1 unspecified atom stereocenters. The van der Waals surface area contributed by atoms with Crippen LogP contribution in [-0.4, -0.2) is 35.6 Å². The molecule has 2 heterocycles. The van der Waals surface area contributed by atoms with Crippen LogP contribution in [0.25, 0.3) is 11.1 Å². The summed E-state index contributed by atoms with van der Waals surface area (Å²) in [5.74, 6) is 1.13. The standard InChI is InChI=1S/C24H28N2OS/c1-4-26-13-11-17(12-14-26)23-20-15-18(9-10-21(20)25-24(23)28)19-7-5-6-8-22(19)27-16(2)3/h5-11,15-16,23H,4,12-14H2,1-3H3,(H,25,28). The molecule has 1 N–H and O–H groups in total. The summed E-state index contributed by atoms with van der Waals surface area (Å²) in [5, 5.41) is 3.44. The first-order valence-corrected chi connectivity index (χ1v) is 10.6. The molecule has 0 bridgehead atoms. The van der Waals surface area contributed by atoms with E-state index in [2.05, 4.69) is 67.4 Å². The van der Waals surface area contributed by atoms with Crippen LogP contribution in [0.2, 0.25) is 0 Å². The summed E-state index contributed by atoms with van der Waals surface area (Å²) in [7, 11) is 0. The molecule has 0 saturated heterocycles. The number of rotatable bonds is 5. The molecular weight excluding hydrogens is 364 g/mol. The summed E-state index contributed by atoms with van der Waals surface area (Å²) in [6, 6.07) is 14.9. The van der Waals surface area contributed by atoms with Crippen LogP contribution in [0.15, 0.2) is 54.1 Å². The second-order valence-corrected chi connectivity index (χ2v) is 8.25. The van der Waals surface area contributed by atoms with Gasteiger partial charge in [-0.3, -0.25) is 4.90 Å². The maximum atomic E-state index is 6.05. The SMILES string of the molecule is CCN1CC=C(C2C(=S)Nc3ccc(-c4ccccc4OC(C)C)cc32)CC1. The number of ether oxygens (including phenoxy) is 1. The van der Waals surface area contributed by atoms with Gasteiger partial charge in [-0.25, -0.2) is 0 Å². The predicted octanol–water partition coefficient (Wildman–Crippen LogP) is 5.63. The van der Waals surface area contributed by atoms with Crippen LogP contribution < -0.4 is 10.1 Å². The normalized spacial score (nSPS) is 19.4. The number of hydrogen-bond donors (Lipinski definition) is 1. The molecule has 0 spiro atoms. The van der Waals surface area contributed by atoms with Gasteiger partial charge in [0.1, 0.15) is 5.75 Å². The first kappa shape index (κ1) is 19.2. The minimum atomic E-state index is 0.145. The van der Waals surface area contributed by atoms with Gasteiger partial charge in [0.15, 0.2) is 0 Å². The lowest BCUT2D eigenvalue weighted by Crippen LogP contribution is -2.30. The van der Waals surface area contributed by atoms with Crippen molar-refractivity contribution < 1.29 is 4.74 Å². The predicted molar refractivity (Wildman–Crippen MR) is 121 cm³/mol. The van der Waals surface area contributed by atoms with E-state index in [0.717, 1.165) is 48.0 Å². The first-order chi connectivity index (χ1) is 13.6. The van der Waals surface area contributed by atoms with Gasteiger partial charge in [0.25, 0.3) is 0 Å². The lowest BCUT2D eigenvalue weighted by atomic mass is 9.87. The van der Waals surface area contributed by atoms with E-state index < -0.39 is 0 Å². The zero-order chi connectivity index (χ0) is 19.7. The number of para-hydroxylation sites is 1. The average Bonchev–Trinajstić information content (AvgIpc) is 3.03. The zero-order valence-electron chi connectivity index (χ0n) is 16.9. The lowest BCUT2D eigenvalue weighted by Gasteiger charge is -2.27. The third-order valence-electron chi connectivity index (χ3n) is 5.59. The van der Waals surface area contributed by atoms with Crippen molar-refractivity contribution >= 4 is 22.9 Å². The van der Waals surface area contributed by atoms with Gasteiger partial charge in [-0.1, -0.05) is 55.1 Å². The summed E-state index contributed by atoms with van der Waals surface area (Å²) >= 11 is 5.74. The molecule has 0 radical (unpaired) electrons. The number of nitrogens with one attached hydrogen (secondary N) is 1. The lowest BCUT2D eigenvalue weighted by molar-refractivity contribution is 0.243. The maximum Gasteiger partial charge on any atom is 0.127 e. The van der Waals surface area contributed by atoms with Crippen molar-refractivity contribution in [3.8, 4) is 16.9 Å². The number of anilines is 1. The molecule has 0 amide bonds. The first-order valence-electron chi connectivity index (χ1n) is 10.2. The van der Waals surface area contributed by atoms with E-state index in [4.69, 9.17) is 17.0 Å². The molecule has 28 heavy (non-hydrogen) atoms. The summed E-state index contributed by atoms with van der Waals surface area (Å²) in [6.45, 7) is 9.58. The van der Waals surface area contributed by atoms with Crippen molar-refractivity contribution in [1.29, 1.82) is 0 Å². The van der Waals surface area contributed by atoms with Crippen LogP contribution in [0.4, 0.5) is 5.69 Å². The second kappa shape index (κ2) is 8.06. The highest BCUT2D eigenvalue weighted by atomic mass is 32.1. The van der Waals surface area contributed by atoms with Gasteiger partial charge in [0.05, 0.1) is 17.0 Å². The fourth-order valence-electron chi connectivity index (χ4n) is 4.14. The van der Waals surface area contributed by atoms with Crippen molar-refractivity contribution in [3.63, 3.8) is 0 Å². The van der Waals surface area contributed by atoms with Gasteiger partial charge < -0.3 is 10.1 Å². The monoisotopic (exact) mass is 392 g/mol. The van der Waals surface area contributed by atoms with Gasteiger partial charge in [0, 0.05) is 24.3 Å². The van der Waals surface area contributed by atoms with Crippen LogP contribution in [0, 0.1) is 0 Å². The van der Waals surface area contributed by atoms with E-state index >= 15 is 0 Å². The molecule has 0 fully saturated rings. The summed E-state index contributed by atoms with van der Waals surface area (Å²) < 4.78 is 6.05. The van der Waals surface area contributed by atoms with Gasteiger partial charge in [-0.2, -0.15) is 0 Å². The number of hydrogen-bond acceptors (Lipinski definition) is 3. The van der Waals surface area contributed by atoms with Crippen molar-refractivity contribution in [1.82, 2.24) is 4.90 Å². The van der Waals surface area contributed by atoms with E-state index in [1.165, 1.54) is 16.7 Å². The fraction of sp³-hybridized carbons (Fsp3) is 0.375. The summed E-state index contributed by atoms with van der Waals surface area (Å²) in [6.07, 6.45) is 3.60. The van der Waals surface area contributed by atoms with Crippen molar-refractivity contribution in [2.45, 2.75) is 39.2 Å². The molecule has 4 rings (SSSR count). The van der Waals surface area contributed by atoms with E-state index in [9.17, 15) is 0 Å². The van der Waals surface area contributed by atoms with Gasteiger partial charge in [-0.15, -0.1) is 0 Å². The molecular formula is C24H28N2OS. The minimum absolute atomic E-state index is 0.145. The Hall–Kier alpha value is -2.17. The van der Waals surface area contributed by atoms with Gasteiger partial charge in [0.2, 0.25) is 0 Å². The Morgan fingerprint density at radius 1 is 1.21 bits per heavy atom. The van der Waals surface area contributed by atoms with Crippen molar-refractivity contribution in [3.05, 3.63) is 59.7 Å². The Balaban J connectivity index is 1.70. The van der Waals surface area contributed by atoms with E-state index in [1.807, 2.05) is 12.1 Å². The largest absolute Gasteiger partial charge is 0.490 e. The number of benzene rings is 2. The fourth-order valence-corrected chi connectivity index (χ4v) is 4.52. The second-order valence-electron chi connectivity index (χ2n) is 7.81. The number of fused-ring (bicyclic) bond motifs is 1. The molecule has 0 aliphatic carbocycles. The summed E-state index contributed by atoms with van der Waals surface area (Å²) in [5.41, 5.74) is 6.19. The quantitative estimate of drug-likeness (QED) is 0.526. The Labute approximate surface area is 173 Å². The Kier molecular flexibility index (Phi) is 5.51. The van der Waals surface area contributed by atoms with Crippen LogP contribution in [0.1, 0.15) is 38.7 Å². The molecule has 2 aromatic rings. The molecule has 146 valence electrons. The molecule has 1 atom stereocenters. The third kappa shape index (κ3) is 3.71. The van der Waals surface area contributed by atoms with E-state index in [-0.39, 0.29) is 12.0 Å². The van der Waals surface area contributed by atoms with Crippen molar-refractivity contribution in [2.75, 3.05) is 25.0 Å². The van der Waals surface area contributed by atoms with E-state index in [0.29, 0.717) is 0 Å². The summed E-state index contributed by atoms with van der Waals surface area (Å²) in [4.78, 5) is 3.39. The Morgan fingerprint density at radius 2 is 2.04 bits per heavy atom. The molecule has 3 nitrogen and oxygen atoms in total. The van der Waals surface area contributed by atoms with Gasteiger partial charge >= 0.3 is 0 Å². The molecule has 0 saturated carbocycles. The van der Waals surface area contributed by atoms with Crippen LogP contribution in [0.5, 0.6) is 5.75 Å².